The van der Waals surface area contributed by atoms with Gasteiger partial charge in [-0.1, -0.05) is 12.5 Å². The van der Waals surface area contributed by atoms with Gasteiger partial charge in [-0.15, -0.1) is 0 Å². The lowest BCUT2D eigenvalue weighted by molar-refractivity contribution is 0.0199. The number of anilines is 2. The standard InChI is InChI=1S/C18H28N4O/c1-14-7-4-5-10-22(14)17-12-21(13-17)18(23)19-15-8-6-9-16(11-15)20(2)3/h6,8-9,11,14,17H,4-5,7,10,12-13H2,1-3H3,(H,19,23). The Morgan fingerprint density at radius 3 is 2.74 bits per heavy atom. The quantitative estimate of drug-likeness (QED) is 0.932. The summed E-state index contributed by atoms with van der Waals surface area (Å²) in [4.78, 5) is 18.9. The van der Waals surface area contributed by atoms with Crippen molar-refractivity contribution in [3.05, 3.63) is 24.3 Å². The molecule has 1 N–H and O–H groups in total. The van der Waals surface area contributed by atoms with Crippen LogP contribution in [0.1, 0.15) is 26.2 Å². The van der Waals surface area contributed by atoms with Crippen molar-refractivity contribution in [1.29, 1.82) is 0 Å². The number of hydrogen-bond donors (Lipinski definition) is 1. The van der Waals surface area contributed by atoms with E-state index in [-0.39, 0.29) is 6.03 Å². The van der Waals surface area contributed by atoms with Crippen LogP contribution < -0.4 is 10.2 Å². The lowest BCUT2D eigenvalue weighted by atomic mass is 9.98. The predicted molar refractivity (Wildman–Crippen MR) is 95.2 cm³/mol. The number of hydrogen-bond acceptors (Lipinski definition) is 3. The molecule has 0 aromatic heterocycles. The molecule has 5 nitrogen and oxygen atoms in total. The van der Waals surface area contributed by atoms with Crippen molar-refractivity contribution in [2.45, 2.75) is 38.3 Å². The summed E-state index contributed by atoms with van der Waals surface area (Å²) >= 11 is 0. The topological polar surface area (TPSA) is 38.8 Å². The number of rotatable bonds is 3. The molecule has 0 saturated carbocycles. The highest BCUT2D eigenvalue weighted by atomic mass is 16.2. The lowest BCUT2D eigenvalue weighted by Crippen LogP contribution is -2.64. The Morgan fingerprint density at radius 2 is 2.04 bits per heavy atom. The maximum atomic E-state index is 12.4. The van der Waals surface area contributed by atoms with Crippen LogP contribution in [0.4, 0.5) is 16.2 Å². The van der Waals surface area contributed by atoms with Crippen molar-refractivity contribution >= 4 is 17.4 Å². The number of piperidine rings is 1. The molecule has 126 valence electrons. The summed E-state index contributed by atoms with van der Waals surface area (Å²) in [6.07, 6.45) is 3.93. The minimum Gasteiger partial charge on any atom is -0.378 e. The molecule has 1 aromatic rings. The molecule has 2 aliphatic heterocycles. The van der Waals surface area contributed by atoms with Crippen molar-refractivity contribution in [2.24, 2.45) is 0 Å². The van der Waals surface area contributed by atoms with Gasteiger partial charge in [0.15, 0.2) is 0 Å². The summed E-state index contributed by atoms with van der Waals surface area (Å²) in [5.41, 5.74) is 1.95. The summed E-state index contributed by atoms with van der Waals surface area (Å²) in [6.45, 7) is 5.20. The fourth-order valence-electron chi connectivity index (χ4n) is 3.56. The van der Waals surface area contributed by atoms with Gasteiger partial charge in [0.1, 0.15) is 0 Å². The molecule has 3 rings (SSSR count). The van der Waals surface area contributed by atoms with Crippen LogP contribution in [0.25, 0.3) is 0 Å². The van der Waals surface area contributed by atoms with Gasteiger partial charge in [-0.3, -0.25) is 4.90 Å². The van der Waals surface area contributed by atoms with E-state index in [1.165, 1.54) is 25.8 Å². The number of nitrogens with one attached hydrogen (secondary N) is 1. The molecule has 5 heteroatoms. The molecule has 0 radical (unpaired) electrons. The van der Waals surface area contributed by atoms with Gasteiger partial charge in [0.05, 0.1) is 0 Å². The fraction of sp³-hybridized carbons (Fsp3) is 0.611. The first-order valence-electron chi connectivity index (χ1n) is 8.63. The first kappa shape index (κ1) is 16.1. The Morgan fingerprint density at radius 1 is 1.26 bits per heavy atom. The molecule has 2 heterocycles. The summed E-state index contributed by atoms with van der Waals surface area (Å²) in [7, 11) is 4.00. The Bertz CT molecular complexity index is 554. The van der Waals surface area contributed by atoms with Gasteiger partial charge in [0.25, 0.3) is 0 Å². The summed E-state index contributed by atoms with van der Waals surface area (Å²) in [5.74, 6) is 0. The maximum Gasteiger partial charge on any atom is 0.321 e. The van der Waals surface area contributed by atoms with Gasteiger partial charge in [0.2, 0.25) is 0 Å². The number of benzene rings is 1. The Hall–Kier alpha value is -1.75. The van der Waals surface area contributed by atoms with E-state index in [0.717, 1.165) is 24.5 Å². The van der Waals surface area contributed by atoms with Crippen LogP contribution in [0.2, 0.25) is 0 Å². The zero-order valence-corrected chi connectivity index (χ0v) is 14.5. The van der Waals surface area contributed by atoms with E-state index in [9.17, 15) is 4.79 Å². The number of carbonyl (C=O) groups excluding carboxylic acids is 1. The second kappa shape index (κ2) is 6.79. The highest BCUT2D eigenvalue weighted by Gasteiger charge is 2.37. The van der Waals surface area contributed by atoms with Crippen LogP contribution in [0.5, 0.6) is 0 Å². The Labute approximate surface area is 139 Å². The molecule has 1 unspecified atom stereocenters. The van der Waals surface area contributed by atoms with Gasteiger partial charge < -0.3 is 15.1 Å². The highest BCUT2D eigenvalue weighted by Crippen LogP contribution is 2.25. The van der Waals surface area contributed by atoms with Gasteiger partial charge in [-0.05, 0) is 44.5 Å². The molecule has 2 saturated heterocycles. The van der Waals surface area contributed by atoms with Gasteiger partial charge in [-0.2, -0.15) is 0 Å². The first-order valence-corrected chi connectivity index (χ1v) is 8.63. The van der Waals surface area contributed by atoms with E-state index in [0.29, 0.717) is 12.1 Å². The molecule has 2 aliphatic rings. The summed E-state index contributed by atoms with van der Waals surface area (Å²) in [5, 5.41) is 3.02. The van der Waals surface area contributed by atoms with Crippen LogP contribution in [0, 0.1) is 0 Å². The number of nitrogens with zero attached hydrogens (tertiary/aromatic N) is 3. The average molecular weight is 316 g/mol. The third-order valence-electron chi connectivity index (χ3n) is 5.09. The average Bonchev–Trinajstić information content (AvgIpc) is 2.48. The molecule has 1 aromatic carbocycles. The largest absolute Gasteiger partial charge is 0.378 e. The van der Waals surface area contributed by atoms with E-state index in [4.69, 9.17) is 0 Å². The maximum absolute atomic E-state index is 12.4. The summed E-state index contributed by atoms with van der Waals surface area (Å²) < 4.78 is 0. The van der Waals surface area contributed by atoms with Crippen molar-refractivity contribution in [1.82, 2.24) is 9.80 Å². The fourth-order valence-corrected chi connectivity index (χ4v) is 3.56. The van der Waals surface area contributed by atoms with E-state index in [1.54, 1.807) is 0 Å². The van der Waals surface area contributed by atoms with Crippen molar-refractivity contribution < 1.29 is 4.79 Å². The van der Waals surface area contributed by atoms with E-state index < -0.39 is 0 Å². The molecule has 1 atom stereocenters. The molecular formula is C18H28N4O. The Balaban J connectivity index is 1.52. The molecule has 2 fully saturated rings. The van der Waals surface area contributed by atoms with E-state index in [1.807, 2.05) is 48.2 Å². The number of carbonyl (C=O) groups is 1. The third kappa shape index (κ3) is 3.61. The SMILES string of the molecule is CC1CCCCN1C1CN(C(=O)Nc2cccc(N(C)C)c2)C1. The van der Waals surface area contributed by atoms with Crippen LogP contribution in [-0.4, -0.2) is 61.6 Å². The number of urea groups is 1. The molecule has 0 bridgehead atoms. The van der Waals surface area contributed by atoms with Crippen molar-refractivity contribution in [3.63, 3.8) is 0 Å². The number of likely N-dealkylation sites (tertiary alicyclic amines) is 2. The lowest BCUT2D eigenvalue weighted by Gasteiger charge is -2.49. The molecule has 23 heavy (non-hydrogen) atoms. The first-order chi connectivity index (χ1) is 11.0. The predicted octanol–water partition coefficient (Wildman–Crippen LogP) is 2.84. The second-order valence-electron chi connectivity index (χ2n) is 7.02. The summed E-state index contributed by atoms with van der Waals surface area (Å²) in [6, 6.07) is 9.17. The van der Waals surface area contributed by atoms with E-state index >= 15 is 0 Å². The minimum atomic E-state index is 0.0156. The molecule has 2 amide bonds. The molecule has 0 aliphatic carbocycles. The highest BCUT2D eigenvalue weighted by molar-refractivity contribution is 5.90. The Kier molecular flexibility index (Phi) is 4.76. The van der Waals surface area contributed by atoms with Gasteiger partial charge in [0, 0.05) is 50.6 Å². The monoisotopic (exact) mass is 316 g/mol. The molecule has 0 spiro atoms. The van der Waals surface area contributed by atoms with Crippen LogP contribution in [0.15, 0.2) is 24.3 Å². The smallest absolute Gasteiger partial charge is 0.321 e. The van der Waals surface area contributed by atoms with Crippen LogP contribution >= 0.6 is 0 Å². The normalized spacial score (nSPS) is 22.6. The van der Waals surface area contributed by atoms with Gasteiger partial charge >= 0.3 is 6.03 Å². The van der Waals surface area contributed by atoms with Gasteiger partial charge in [-0.25, -0.2) is 4.79 Å². The zero-order valence-electron chi connectivity index (χ0n) is 14.5. The molecular weight excluding hydrogens is 288 g/mol. The van der Waals surface area contributed by atoms with Crippen LogP contribution in [0.3, 0.4) is 0 Å². The second-order valence-corrected chi connectivity index (χ2v) is 7.02. The number of amides is 2. The third-order valence-corrected chi connectivity index (χ3v) is 5.09. The van der Waals surface area contributed by atoms with Crippen molar-refractivity contribution in [3.8, 4) is 0 Å². The minimum absolute atomic E-state index is 0.0156. The van der Waals surface area contributed by atoms with Crippen molar-refractivity contribution in [2.75, 3.05) is 43.9 Å². The van der Waals surface area contributed by atoms with Crippen LogP contribution in [-0.2, 0) is 0 Å². The zero-order chi connectivity index (χ0) is 16.4. The van der Waals surface area contributed by atoms with E-state index in [2.05, 4.69) is 17.1 Å².